The second kappa shape index (κ2) is 12.1. The molecule has 1 unspecified atom stereocenters. The minimum absolute atomic E-state index is 0.0453. The molecule has 0 bridgehead atoms. The van der Waals surface area contributed by atoms with Crippen molar-refractivity contribution < 1.29 is 22.7 Å². The maximum absolute atomic E-state index is 14.0. The van der Waals surface area contributed by atoms with Crippen LogP contribution < -0.4 is 14.4 Å². The van der Waals surface area contributed by atoms with E-state index in [1.165, 1.54) is 31.2 Å². The summed E-state index contributed by atoms with van der Waals surface area (Å²) in [4.78, 5) is 27.9. The highest BCUT2D eigenvalue weighted by molar-refractivity contribution is 7.92. The Labute approximate surface area is 225 Å². The largest absolute Gasteiger partial charge is 0.495 e. The van der Waals surface area contributed by atoms with Gasteiger partial charge in [-0.15, -0.1) is 0 Å². The van der Waals surface area contributed by atoms with Crippen LogP contribution in [-0.4, -0.2) is 51.9 Å². The van der Waals surface area contributed by atoms with Crippen molar-refractivity contribution >= 4 is 27.5 Å². The maximum Gasteiger partial charge on any atom is 0.264 e. The summed E-state index contributed by atoms with van der Waals surface area (Å²) in [6.45, 7) is 6.89. The molecule has 1 atom stereocenters. The molecule has 0 saturated carbocycles. The normalized spacial score (nSPS) is 11.9. The van der Waals surface area contributed by atoms with Crippen LogP contribution in [0.15, 0.2) is 71.6 Å². The van der Waals surface area contributed by atoms with Gasteiger partial charge in [-0.05, 0) is 63.1 Å². The summed E-state index contributed by atoms with van der Waals surface area (Å²) in [6, 6.07) is 18.4. The number of ether oxygens (including phenoxy) is 1. The lowest BCUT2D eigenvalue weighted by Crippen LogP contribution is -2.50. The van der Waals surface area contributed by atoms with E-state index in [-0.39, 0.29) is 23.0 Å². The van der Waals surface area contributed by atoms with Crippen LogP contribution in [0.5, 0.6) is 5.75 Å². The van der Waals surface area contributed by atoms with Crippen molar-refractivity contribution in [3.05, 3.63) is 89.0 Å². The highest BCUT2D eigenvalue weighted by atomic mass is 32.2. The van der Waals surface area contributed by atoms with E-state index in [2.05, 4.69) is 5.32 Å². The molecule has 0 radical (unpaired) electrons. The molecule has 0 fully saturated rings. The van der Waals surface area contributed by atoms with Gasteiger partial charge in [-0.1, -0.05) is 53.6 Å². The first kappa shape index (κ1) is 28.7. The molecule has 3 aromatic carbocycles. The number of amides is 2. The molecule has 1 N–H and O–H groups in total. The van der Waals surface area contributed by atoms with Gasteiger partial charge in [-0.3, -0.25) is 13.9 Å². The van der Waals surface area contributed by atoms with E-state index < -0.39 is 28.5 Å². The minimum Gasteiger partial charge on any atom is -0.495 e. The number of rotatable bonds is 10. The summed E-state index contributed by atoms with van der Waals surface area (Å²) in [7, 11) is -1.23. The Bertz CT molecular complexity index is 1390. The molecule has 3 rings (SSSR count). The quantitative estimate of drug-likeness (QED) is 0.422. The second-order valence-corrected chi connectivity index (χ2v) is 11.2. The number of likely N-dealkylation sites (N-methyl/N-ethyl adjacent to an activating group) is 1. The fourth-order valence-corrected chi connectivity index (χ4v) is 5.44. The summed E-state index contributed by atoms with van der Waals surface area (Å²) < 4.78 is 34.5. The minimum atomic E-state index is -4.17. The molecule has 2 amide bonds. The average molecular weight is 538 g/mol. The lowest BCUT2D eigenvalue weighted by atomic mass is 10.1. The Morgan fingerprint density at radius 2 is 1.45 bits per heavy atom. The van der Waals surface area contributed by atoms with Gasteiger partial charge in [0.2, 0.25) is 11.8 Å². The Kier molecular flexibility index (Phi) is 9.17. The summed E-state index contributed by atoms with van der Waals surface area (Å²) >= 11 is 0. The van der Waals surface area contributed by atoms with Crippen LogP contribution in [0.3, 0.4) is 0 Å². The van der Waals surface area contributed by atoms with Crippen LogP contribution in [0.25, 0.3) is 0 Å². The predicted octanol–water partition coefficient (Wildman–Crippen LogP) is 3.98. The highest BCUT2D eigenvalue weighted by Crippen LogP contribution is 2.33. The monoisotopic (exact) mass is 537 g/mol. The molecular formula is C29H35N3O5S. The number of hydrogen-bond acceptors (Lipinski definition) is 5. The van der Waals surface area contributed by atoms with Crippen molar-refractivity contribution in [1.82, 2.24) is 10.2 Å². The summed E-state index contributed by atoms with van der Waals surface area (Å²) in [6.07, 6.45) is 0. The molecule has 8 nitrogen and oxygen atoms in total. The number of anilines is 1. The molecule has 0 aliphatic rings. The number of benzene rings is 3. The van der Waals surface area contributed by atoms with Crippen LogP contribution in [0.4, 0.5) is 5.69 Å². The number of nitrogens with one attached hydrogen (secondary N) is 1. The molecule has 9 heteroatoms. The summed E-state index contributed by atoms with van der Waals surface area (Å²) in [5, 5.41) is 2.58. The first-order valence-corrected chi connectivity index (χ1v) is 13.7. The predicted molar refractivity (Wildman–Crippen MR) is 149 cm³/mol. The van der Waals surface area contributed by atoms with Gasteiger partial charge in [-0.2, -0.15) is 0 Å². The van der Waals surface area contributed by atoms with Gasteiger partial charge in [0.1, 0.15) is 18.3 Å². The fourth-order valence-electron chi connectivity index (χ4n) is 4.03. The Balaban J connectivity index is 2.10. The maximum atomic E-state index is 14.0. The number of nitrogens with zero attached hydrogens (tertiary/aromatic N) is 2. The van der Waals surface area contributed by atoms with Gasteiger partial charge in [0, 0.05) is 13.6 Å². The van der Waals surface area contributed by atoms with E-state index in [4.69, 9.17) is 4.74 Å². The van der Waals surface area contributed by atoms with E-state index in [9.17, 15) is 18.0 Å². The molecule has 3 aromatic rings. The van der Waals surface area contributed by atoms with Crippen molar-refractivity contribution in [2.24, 2.45) is 0 Å². The molecule has 0 spiro atoms. The molecule has 0 heterocycles. The zero-order valence-electron chi connectivity index (χ0n) is 22.7. The summed E-state index contributed by atoms with van der Waals surface area (Å²) in [5.41, 5.74) is 3.83. The third kappa shape index (κ3) is 6.52. The van der Waals surface area contributed by atoms with Crippen LogP contribution in [0.1, 0.15) is 29.2 Å². The first-order chi connectivity index (χ1) is 18.0. The Hall–Kier alpha value is -3.85. The van der Waals surface area contributed by atoms with Crippen molar-refractivity contribution in [3.63, 3.8) is 0 Å². The molecule has 202 valence electrons. The smallest absolute Gasteiger partial charge is 0.264 e. The third-order valence-corrected chi connectivity index (χ3v) is 8.15. The summed E-state index contributed by atoms with van der Waals surface area (Å²) in [5.74, 6) is -0.573. The first-order valence-electron chi connectivity index (χ1n) is 12.3. The number of sulfonamides is 1. The lowest BCUT2D eigenvalue weighted by Gasteiger charge is -2.32. The number of carbonyl (C=O) groups is 2. The Morgan fingerprint density at radius 1 is 0.895 bits per heavy atom. The van der Waals surface area contributed by atoms with Crippen LogP contribution in [0.2, 0.25) is 0 Å². The zero-order valence-corrected chi connectivity index (χ0v) is 23.5. The van der Waals surface area contributed by atoms with Crippen LogP contribution >= 0.6 is 0 Å². The Morgan fingerprint density at radius 3 is 2.00 bits per heavy atom. The molecule has 0 aromatic heterocycles. The SMILES string of the molecule is CNC(=O)C(C)N(Cc1ccc(C)cc1)C(=O)CN(c1cc(C)ccc1OC)S(=O)(=O)c1ccc(C)cc1. The van der Waals surface area contributed by atoms with Gasteiger partial charge in [0.25, 0.3) is 10.0 Å². The third-order valence-electron chi connectivity index (χ3n) is 6.38. The molecule has 0 aliphatic carbocycles. The molecule has 38 heavy (non-hydrogen) atoms. The van der Waals surface area contributed by atoms with Crippen LogP contribution in [0, 0.1) is 20.8 Å². The van der Waals surface area contributed by atoms with Crippen molar-refractivity contribution in [2.75, 3.05) is 25.0 Å². The molecule has 0 aliphatic heterocycles. The number of carbonyl (C=O) groups excluding carboxylic acids is 2. The fraction of sp³-hybridized carbons (Fsp3) is 0.310. The van der Waals surface area contributed by atoms with Crippen molar-refractivity contribution in [3.8, 4) is 5.75 Å². The number of methoxy groups -OCH3 is 1. The lowest BCUT2D eigenvalue weighted by molar-refractivity contribution is -0.139. The average Bonchev–Trinajstić information content (AvgIpc) is 2.90. The number of hydrogen-bond donors (Lipinski definition) is 1. The van der Waals surface area contributed by atoms with E-state index >= 15 is 0 Å². The van der Waals surface area contributed by atoms with Gasteiger partial charge in [0.05, 0.1) is 17.7 Å². The number of aryl methyl sites for hydroxylation is 3. The van der Waals surface area contributed by atoms with E-state index in [0.717, 1.165) is 26.6 Å². The molecular weight excluding hydrogens is 502 g/mol. The topological polar surface area (TPSA) is 96.0 Å². The van der Waals surface area contributed by atoms with E-state index in [1.807, 2.05) is 45.0 Å². The van der Waals surface area contributed by atoms with Crippen LogP contribution in [-0.2, 0) is 26.2 Å². The molecule has 0 saturated heterocycles. The second-order valence-electron chi connectivity index (χ2n) is 9.30. The van der Waals surface area contributed by atoms with Gasteiger partial charge < -0.3 is 15.0 Å². The van der Waals surface area contributed by atoms with Gasteiger partial charge in [0.15, 0.2) is 0 Å². The van der Waals surface area contributed by atoms with E-state index in [0.29, 0.717) is 5.75 Å². The van der Waals surface area contributed by atoms with Gasteiger partial charge in [-0.25, -0.2) is 8.42 Å². The standard InChI is InChI=1S/C29H35N3O5S/c1-20-7-12-24(13-8-20)18-31(23(4)29(34)30-5)28(33)19-32(26-17-22(3)11-16-27(26)37-6)38(35,36)25-14-9-21(2)10-15-25/h7-17,23H,18-19H2,1-6H3,(H,30,34). The highest BCUT2D eigenvalue weighted by Gasteiger charge is 2.33. The van der Waals surface area contributed by atoms with Gasteiger partial charge >= 0.3 is 0 Å². The van der Waals surface area contributed by atoms with Crippen molar-refractivity contribution in [1.29, 1.82) is 0 Å². The van der Waals surface area contributed by atoms with Crippen molar-refractivity contribution in [2.45, 2.75) is 45.2 Å². The zero-order chi connectivity index (χ0) is 28.0. The van der Waals surface area contributed by atoms with E-state index in [1.54, 1.807) is 37.3 Å².